The van der Waals surface area contributed by atoms with Crippen molar-refractivity contribution in [2.45, 2.75) is 52.1 Å². The van der Waals surface area contributed by atoms with Gasteiger partial charge in [0.05, 0.1) is 8.44 Å². The summed E-state index contributed by atoms with van der Waals surface area (Å²) >= 11 is 0. The van der Waals surface area contributed by atoms with Crippen LogP contribution in [-0.4, -0.2) is 17.6 Å². The predicted octanol–water partition coefficient (Wildman–Crippen LogP) is 4.82. The minimum atomic E-state index is -1.39. The Kier molecular flexibility index (Phi) is 2.95. The van der Waals surface area contributed by atoms with Gasteiger partial charge in [-0.25, -0.2) is 0 Å². The van der Waals surface area contributed by atoms with Gasteiger partial charge in [-0.3, -0.25) is 0 Å². The van der Waals surface area contributed by atoms with Crippen LogP contribution in [-0.2, 0) is 0 Å². The summed E-state index contributed by atoms with van der Waals surface area (Å²) < 4.78 is 17.0. The first-order valence-corrected chi connectivity index (χ1v) is 8.55. The maximum absolute atomic E-state index is 8.50. The number of allylic oxidation sites excluding steroid dienone is 2. The molecule has 1 aliphatic carbocycles. The van der Waals surface area contributed by atoms with Crippen LogP contribution in [0.2, 0.25) is 0 Å². The summed E-state index contributed by atoms with van der Waals surface area (Å²) in [5, 5.41) is 0. The maximum Gasteiger partial charge on any atom is 0.109 e. The molecule has 0 saturated heterocycles. The van der Waals surface area contributed by atoms with Gasteiger partial charge in [0, 0.05) is 17.9 Å². The van der Waals surface area contributed by atoms with Crippen molar-refractivity contribution in [1.82, 2.24) is 4.90 Å². The molecule has 0 radical (unpaired) electrons. The first kappa shape index (κ1) is 11.8. The average Bonchev–Trinajstić information content (AvgIpc) is 3.05. The van der Waals surface area contributed by atoms with Gasteiger partial charge < -0.3 is 9.80 Å². The number of para-hydroxylation sites is 1. The van der Waals surface area contributed by atoms with E-state index in [4.69, 9.17) is 2.74 Å². The second kappa shape index (κ2) is 5.49. The highest BCUT2D eigenvalue weighted by Crippen LogP contribution is 2.44. The van der Waals surface area contributed by atoms with Crippen molar-refractivity contribution >= 4 is 5.69 Å². The Bertz CT molecular complexity index is 701. The van der Waals surface area contributed by atoms with Gasteiger partial charge in [-0.2, -0.15) is 0 Å². The molecule has 1 saturated carbocycles. The fourth-order valence-corrected chi connectivity index (χ4v) is 4.31. The van der Waals surface area contributed by atoms with E-state index in [1.165, 1.54) is 49.1 Å². The lowest BCUT2D eigenvalue weighted by Crippen LogP contribution is -2.46. The largest absolute Gasteiger partial charge is 0.345 e. The van der Waals surface area contributed by atoms with E-state index < -0.39 is 6.50 Å². The number of aryl methyl sites for hydroxylation is 1. The number of rotatable bonds is 2. The third-order valence-corrected chi connectivity index (χ3v) is 5.42. The van der Waals surface area contributed by atoms with Crippen LogP contribution < -0.4 is 4.90 Å². The van der Waals surface area contributed by atoms with E-state index in [9.17, 15) is 0 Å². The molecule has 2 heteroatoms. The minimum Gasteiger partial charge on any atom is -0.345 e. The fourth-order valence-electron chi connectivity index (χ4n) is 4.31. The molecule has 0 bridgehead atoms. The van der Waals surface area contributed by atoms with Crippen molar-refractivity contribution in [3.8, 4) is 0 Å². The summed E-state index contributed by atoms with van der Waals surface area (Å²) in [5.74, 6) is 0.515. The lowest BCUT2D eigenvalue weighted by molar-refractivity contribution is 0.189. The number of fused-ring (bicyclic) bond motifs is 1. The molecule has 22 heavy (non-hydrogen) atoms. The Morgan fingerprint density at radius 1 is 1.09 bits per heavy atom. The smallest absolute Gasteiger partial charge is 0.109 e. The molecule has 1 unspecified atom stereocenters. The van der Waals surface area contributed by atoms with E-state index in [1.807, 2.05) is 11.0 Å². The Balaban J connectivity index is 1.82. The highest BCUT2D eigenvalue weighted by atomic mass is 15.4. The summed E-state index contributed by atoms with van der Waals surface area (Å²) in [5.41, 5.74) is 4.71. The summed E-state index contributed by atoms with van der Waals surface area (Å²) in [6.07, 6.45) is 10.0. The van der Waals surface area contributed by atoms with Gasteiger partial charge in [0.2, 0.25) is 0 Å². The molecule has 0 N–H and O–H groups in total. The van der Waals surface area contributed by atoms with Crippen molar-refractivity contribution in [2.24, 2.45) is 5.92 Å². The lowest BCUT2D eigenvalue weighted by Gasteiger charge is -2.41. The van der Waals surface area contributed by atoms with Gasteiger partial charge in [0.15, 0.2) is 0 Å². The standard InChI is InChI=1S/C20H26N2/c1-15-9-6-7-12-18(15)22-16(2)19-13-8-14-21(19)20(22)17-10-4-3-5-11-17/h6-9,12-13,17,20H,3-5,10-11,14H2,1-2H3/i14D2. The molecule has 4 rings (SSSR count). The van der Waals surface area contributed by atoms with Crippen LogP contribution in [0.25, 0.3) is 0 Å². The Morgan fingerprint density at radius 3 is 2.64 bits per heavy atom. The molecular weight excluding hydrogens is 268 g/mol. The molecule has 0 aromatic heterocycles. The lowest BCUT2D eigenvalue weighted by atomic mass is 9.86. The Hall–Kier alpha value is -1.70. The SMILES string of the molecule is [2H]C1([2H])C=CC2=C(C)N(c3ccccc3C)C(C3CCCCC3)N21. The van der Waals surface area contributed by atoms with Crippen molar-refractivity contribution in [1.29, 1.82) is 0 Å². The van der Waals surface area contributed by atoms with Gasteiger partial charge in [-0.15, -0.1) is 0 Å². The highest BCUT2D eigenvalue weighted by molar-refractivity contribution is 5.62. The van der Waals surface area contributed by atoms with E-state index in [0.717, 1.165) is 5.70 Å². The number of anilines is 1. The predicted molar refractivity (Wildman–Crippen MR) is 92.6 cm³/mol. The number of hydrogen-bond donors (Lipinski definition) is 0. The molecule has 0 spiro atoms. The van der Waals surface area contributed by atoms with E-state index >= 15 is 0 Å². The first-order valence-electron chi connectivity index (χ1n) is 9.55. The summed E-state index contributed by atoms with van der Waals surface area (Å²) in [7, 11) is 0. The van der Waals surface area contributed by atoms with Gasteiger partial charge in [0.1, 0.15) is 6.17 Å². The molecule has 1 atom stereocenters. The topological polar surface area (TPSA) is 6.48 Å². The second-order valence-electron chi connectivity index (χ2n) is 6.77. The Morgan fingerprint density at radius 2 is 1.86 bits per heavy atom. The number of hydrogen-bond acceptors (Lipinski definition) is 2. The van der Waals surface area contributed by atoms with Crippen molar-refractivity contribution in [2.75, 3.05) is 11.4 Å². The first-order chi connectivity index (χ1) is 11.5. The van der Waals surface area contributed by atoms with Gasteiger partial charge >= 0.3 is 0 Å². The van der Waals surface area contributed by atoms with Crippen molar-refractivity contribution < 1.29 is 2.74 Å². The van der Waals surface area contributed by atoms with Crippen LogP contribution in [0, 0.1) is 12.8 Å². The van der Waals surface area contributed by atoms with E-state index in [-0.39, 0.29) is 6.17 Å². The zero-order chi connectivity index (χ0) is 16.9. The minimum absolute atomic E-state index is 0.0893. The summed E-state index contributed by atoms with van der Waals surface area (Å²) in [4.78, 5) is 4.44. The zero-order valence-corrected chi connectivity index (χ0v) is 13.5. The van der Waals surface area contributed by atoms with Crippen LogP contribution >= 0.6 is 0 Å². The van der Waals surface area contributed by atoms with Crippen LogP contribution in [0.4, 0.5) is 5.69 Å². The van der Waals surface area contributed by atoms with Gasteiger partial charge in [0.25, 0.3) is 0 Å². The molecule has 2 nitrogen and oxygen atoms in total. The Labute approximate surface area is 136 Å². The molecular formula is C20H26N2. The molecule has 1 fully saturated rings. The molecule has 2 aliphatic heterocycles. The molecule has 2 heterocycles. The molecule has 1 aromatic carbocycles. The molecule has 1 aromatic rings. The van der Waals surface area contributed by atoms with Crippen LogP contribution in [0.1, 0.15) is 47.3 Å². The van der Waals surface area contributed by atoms with Crippen LogP contribution in [0.3, 0.4) is 0 Å². The summed E-state index contributed by atoms with van der Waals surface area (Å²) in [6, 6.07) is 8.50. The average molecular weight is 296 g/mol. The summed E-state index contributed by atoms with van der Waals surface area (Å²) in [6.45, 7) is 2.90. The van der Waals surface area contributed by atoms with E-state index in [0.29, 0.717) is 5.92 Å². The maximum atomic E-state index is 8.50. The monoisotopic (exact) mass is 296 g/mol. The molecule has 116 valence electrons. The van der Waals surface area contributed by atoms with E-state index in [1.54, 1.807) is 6.08 Å². The second-order valence-corrected chi connectivity index (χ2v) is 6.77. The molecule has 0 amide bonds. The third kappa shape index (κ3) is 2.08. The highest BCUT2D eigenvalue weighted by Gasteiger charge is 2.42. The normalized spacial score (nSPS) is 28.9. The third-order valence-electron chi connectivity index (χ3n) is 5.42. The van der Waals surface area contributed by atoms with Crippen molar-refractivity contribution in [3.05, 3.63) is 53.4 Å². The van der Waals surface area contributed by atoms with Gasteiger partial charge in [-0.05, 0) is 50.3 Å². The van der Waals surface area contributed by atoms with Crippen LogP contribution in [0.15, 0.2) is 47.8 Å². The zero-order valence-electron chi connectivity index (χ0n) is 15.5. The number of benzene rings is 1. The fraction of sp³-hybridized carbons (Fsp3) is 0.500. The van der Waals surface area contributed by atoms with Gasteiger partial charge in [-0.1, -0.05) is 43.5 Å². The number of nitrogens with zero attached hydrogens (tertiary/aromatic N) is 2. The van der Waals surface area contributed by atoms with E-state index in [2.05, 4.69) is 43.0 Å². The van der Waals surface area contributed by atoms with Crippen LogP contribution in [0.5, 0.6) is 0 Å². The van der Waals surface area contributed by atoms with Crippen molar-refractivity contribution in [3.63, 3.8) is 0 Å². The quantitative estimate of drug-likeness (QED) is 0.771. The molecule has 3 aliphatic rings.